The van der Waals surface area contributed by atoms with Crippen molar-refractivity contribution in [1.29, 1.82) is 0 Å². The van der Waals surface area contributed by atoms with E-state index < -0.39 is 58.8 Å². The Labute approximate surface area is 236 Å². The third kappa shape index (κ3) is 8.63. The molecule has 14 heteroatoms. The fourth-order valence-corrected chi connectivity index (χ4v) is 5.53. The van der Waals surface area contributed by atoms with Gasteiger partial charge in [-0.3, -0.25) is 9.59 Å². The van der Waals surface area contributed by atoms with Crippen LogP contribution >= 0.6 is 0 Å². The molecule has 0 saturated heterocycles. The van der Waals surface area contributed by atoms with E-state index >= 15 is 0 Å². The summed E-state index contributed by atoms with van der Waals surface area (Å²) >= 11 is 0. The van der Waals surface area contributed by atoms with Crippen molar-refractivity contribution in [3.05, 3.63) is 53.8 Å². The van der Waals surface area contributed by atoms with Crippen molar-refractivity contribution in [2.45, 2.75) is 56.3 Å². The van der Waals surface area contributed by atoms with Crippen LogP contribution in [0.3, 0.4) is 0 Å². The lowest BCUT2D eigenvalue weighted by atomic mass is 10.0. The van der Waals surface area contributed by atoms with Crippen LogP contribution in [0.5, 0.6) is 5.75 Å². The summed E-state index contributed by atoms with van der Waals surface area (Å²) in [6.07, 6.45) is -7.53. The van der Waals surface area contributed by atoms with Gasteiger partial charge in [0, 0.05) is 37.2 Å². The van der Waals surface area contributed by atoms with Crippen molar-refractivity contribution in [2.24, 2.45) is 5.92 Å². The molecule has 3 rings (SSSR count). The Balaban J connectivity index is 1.92. The molecule has 226 valence electrons. The number of likely N-dealkylation sites (N-methyl/N-ethyl adjacent to an activating group) is 1. The normalized spacial score (nSPS) is 19.0. The summed E-state index contributed by atoms with van der Waals surface area (Å²) in [6, 6.07) is 8.10. The molecular formula is C27H33F4N3O6S. The molecule has 41 heavy (non-hydrogen) atoms. The van der Waals surface area contributed by atoms with Crippen LogP contribution in [0.1, 0.15) is 32.3 Å². The zero-order valence-electron chi connectivity index (χ0n) is 22.8. The predicted octanol–water partition coefficient (Wildman–Crippen LogP) is 3.58. The van der Waals surface area contributed by atoms with Crippen LogP contribution in [0.25, 0.3) is 0 Å². The van der Waals surface area contributed by atoms with E-state index in [1.807, 2.05) is 0 Å². The SMILES string of the molecule is C[C@H](CO)N1C[C@H](C)[C@@H](CN(C)S(=O)(=O)c2ccc(F)cc2)Oc2ccc(NC(=O)CCC(F)(F)F)cc2CC1=O. The van der Waals surface area contributed by atoms with E-state index in [4.69, 9.17) is 4.74 Å². The average Bonchev–Trinajstić information content (AvgIpc) is 2.94. The van der Waals surface area contributed by atoms with E-state index in [-0.39, 0.29) is 48.4 Å². The van der Waals surface area contributed by atoms with Crippen molar-refractivity contribution in [2.75, 3.05) is 32.1 Å². The molecule has 2 amide bonds. The van der Waals surface area contributed by atoms with E-state index in [0.717, 1.165) is 28.6 Å². The predicted molar refractivity (Wildman–Crippen MR) is 142 cm³/mol. The molecule has 0 saturated carbocycles. The Morgan fingerprint density at radius 3 is 2.49 bits per heavy atom. The molecule has 0 radical (unpaired) electrons. The van der Waals surface area contributed by atoms with Gasteiger partial charge < -0.3 is 20.1 Å². The van der Waals surface area contributed by atoms with Crippen LogP contribution in [0.15, 0.2) is 47.4 Å². The number of benzene rings is 2. The van der Waals surface area contributed by atoms with Crippen LogP contribution in [0, 0.1) is 11.7 Å². The lowest BCUT2D eigenvalue weighted by molar-refractivity contribution is -0.142. The molecule has 1 aliphatic heterocycles. The monoisotopic (exact) mass is 603 g/mol. The molecule has 1 aliphatic rings. The molecule has 2 aromatic rings. The molecule has 1 heterocycles. The van der Waals surface area contributed by atoms with Gasteiger partial charge in [-0.25, -0.2) is 12.8 Å². The number of fused-ring (bicyclic) bond motifs is 1. The molecule has 3 atom stereocenters. The summed E-state index contributed by atoms with van der Waals surface area (Å²) in [4.78, 5) is 26.7. The van der Waals surface area contributed by atoms with Gasteiger partial charge in [-0.2, -0.15) is 17.5 Å². The van der Waals surface area contributed by atoms with Gasteiger partial charge in [0.1, 0.15) is 17.7 Å². The number of hydrogen-bond donors (Lipinski definition) is 2. The molecule has 0 aliphatic carbocycles. The van der Waals surface area contributed by atoms with Gasteiger partial charge in [-0.1, -0.05) is 6.92 Å². The maximum Gasteiger partial charge on any atom is 0.389 e. The standard InChI is InChI=1S/C27H33F4N3O6S/c1-17-14-34(18(2)16-35)26(37)13-19-12-21(32-25(36)10-11-27(29,30)31)6-9-23(19)40-24(17)15-33(3)41(38,39)22-7-4-20(28)5-8-22/h4-9,12,17-18,24,35H,10-11,13-16H2,1-3H3,(H,32,36)/t17-,18+,24+/m0/s1. The number of carbonyl (C=O) groups excluding carboxylic acids is 2. The topological polar surface area (TPSA) is 116 Å². The lowest BCUT2D eigenvalue weighted by Gasteiger charge is -2.33. The van der Waals surface area contributed by atoms with Gasteiger partial charge in [0.2, 0.25) is 21.8 Å². The number of alkyl halides is 3. The first-order valence-electron chi connectivity index (χ1n) is 12.9. The number of aliphatic hydroxyl groups excluding tert-OH is 1. The number of aliphatic hydroxyl groups is 1. The molecule has 0 bridgehead atoms. The fourth-order valence-electron chi connectivity index (χ4n) is 4.34. The molecule has 0 aromatic heterocycles. The van der Waals surface area contributed by atoms with Gasteiger partial charge in [0.15, 0.2) is 0 Å². The van der Waals surface area contributed by atoms with Gasteiger partial charge in [0.25, 0.3) is 0 Å². The maximum absolute atomic E-state index is 13.4. The van der Waals surface area contributed by atoms with Crippen molar-refractivity contribution in [1.82, 2.24) is 9.21 Å². The fraction of sp³-hybridized carbons (Fsp3) is 0.481. The Bertz CT molecular complexity index is 1340. The Kier molecular flexibility index (Phi) is 10.4. The third-order valence-corrected chi connectivity index (χ3v) is 8.63. The summed E-state index contributed by atoms with van der Waals surface area (Å²) in [5, 5.41) is 12.2. The smallest absolute Gasteiger partial charge is 0.389 e. The number of ether oxygens (including phenoxy) is 1. The minimum atomic E-state index is -4.49. The number of anilines is 1. The van der Waals surface area contributed by atoms with Crippen molar-refractivity contribution < 1.29 is 45.4 Å². The number of halogens is 4. The number of amides is 2. The van der Waals surface area contributed by atoms with E-state index in [1.165, 1.54) is 30.1 Å². The molecule has 0 unspecified atom stereocenters. The highest BCUT2D eigenvalue weighted by Gasteiger charge is 2.34. The molecule has 0 fully saturated rings. The molecule has 2 aromatic carbocycles. The third-order valence-electron chi connectivity index (χ3n) is 6.79. The van der Waals surface area contributed by atoms with Crippen LogP contribution < -0.4 is 10.1 Å². The maximum atomic E-state index is 13.4. The Morgan fingerprint density at radius 1 is 1.22 bits per heavy atom. The summed E-state index contributed by atoms with van der Waals surface area (Å²) in [7, 11) is -2.68. The first kappa shape index (κ1) is 32.3. The molecule has 0 spiro atoms. The van der Waals surface area contributed by atoms with E-state index in [0.29, 0.717) is 5.56 Å². The highest BCUT2D eigenvalue weighted by molar-refractivity contribution is 7.89. The largest absolute Gasteiger partial charge is 0.488 e. The zero-order chi connectivity index (χ0) is 30.5. The minimum Gasteiger partial charge on any atom is -0.488 e. The second kappa shape index (κ2) is 13.2. The molecule has 9 nitrogen and oxygen atoms in total. The minimum absolute atomic E-state index is 0.117. The highest BCUT2D eigenvalue weighted by Crippen LogP contribution is 2.30. The summed E-state index contributed by atoms with van der Waals surface area (Å²) in [6.45, 7) is 3.08. The van der Waals surface area contributed by atoms with E-state index in [2.05, 4.69) is 5.32 Å². The zero-order valence-corrected chi connectivity index (χ0v) is 23.6. The Morgan fingerprint density at radius 2 is 1.88 bits per heavy atom. The number of carbonyl (C=O) groups is 2. The van der Waals surface area contributed by atoms with Crippen molar-refractivity contribution in [3.8, 4) is 5.75 Å². The number of nitrogens with zero attached hydrogens (tertiary/aromatic N) is 2. The molecule has 2 N–H and O–H groups in total. The van der Waals surface area contributed by atoms with Crippen molar-refractivity contribution in [3.63, 3.8) is 0 Å². The van der Waals surface area contributed by atoms with E-state index in [9.17, 15) is 40.7 Å². The summed E-state index contributed by atoms with van der Waals surface area (Å²) in [5.74, 6) is -2.00. The first-order valence-corrected chi connectivity index (χ1v) is 14.3. The van der Waals surface area contributed by atoms with Gasteiger partial charge in [-0.15, -0.1) is 0 Å². The Hall–Kier alpha value is -3.23. The van der Waals surface area contributed by atoms with Crippen molar-refractivity contribution >= 4 is 27.5 Å². The second-order valence-electron chi connectivity index (χ2n) is 10.1. The number of rotatable bonds is 9. The van der Waals surface area contributed by atoms with Crippen LogP contribution in [-0.2, 0) is 26.0 Å². The van der Waals surface area contributed by atoms with Crippen LogP contribution in [0.2, 0.25) is 0 Å². The number of hydrogen-bond acceptors (Lipinski definition) is 6. The second-order valence-corrected chi connectivity index (χ2v) is 12.2. The number of nitrogens with one attached hydrogen (secondary N) is 1. The van der Waals surface area contributed by atoms with Gasteiger partial charge >= 0.3 is 6.18 Å². The van der Waals surface area contributed by atoms with E-state index in [1.54, 1.807) is 13.8 Å². The summed E-state index contributed by atoms with van der Waals surface area (Å²) < 4.78 is 84.5. The highest BCUT2D eigenvalue weighted by atomic mass is 32.2. The average molecular weight is 604 g/mol. The van der Waals surface area contributed by atoms with Crippen LogP contribution in [-0.4, -0.2) is 79.6 Å². The lowest BCUT2D eigenvalue weighted by Crippen LogP contribution is -2.48. The quantitative estimate of drug-likeness (QED) is 0.424. The van der Waals surface area contributed by atoms with Gasteiger partial charge in [0.05, 0.1) is 36.9 Å². The van der Waals surface area contributed by atoms with Gasteiger partial charge in [-0.05, 0) is 49.4 Å². The first-order chi connectivity index (χ1) is 19.1. The molecular weight excluding hydrogens is 570 g/mol. The van der Waals surface area contributed by atoms with Crippen LogP contribution in [0.4, 0.5) is 23.2 Å². The summed E-state index contributed by atoms with van der Waals surface area (Å²) in [5.41, 5.74) is 0.482. The number of sulfonamides is 1.